The molecule has 2 N–H and O–H groups in total. The first-order valence-corrected chi connectivity index (χ1v) is 4.92. The van der Waals surface area contributed by atoms with Crippen LogP contribution in [0.15, 0.2) is 10.9 Å². The number of halogens is 3. The maximum atomic E-state index is 12.3. The Kier molecular flexibility index (Phi) is 3.77. The number of aromatic nitrogens is 1. The van der Waals surface area contributed by atoms with E-state index < -0.39 is 24.3 Å². The number of nitrogens with one attached hydrogen (secondary N) is 1. The second kappa shape index (κ2) is 4.65. The molecule has 0 fully saturated rings. The minimum absolute atomic E-state index is 0.0500. The van der Waals surface area contributed by atoms with Gasteiger partial charge in [-0.15, -0.1) is 0 Å². The molecule has 0 amide bonds. The predicted molar refractivity (Wildman–Crippen MR) is 50.6 cm³/mol. The molecule has 0 atom stereocenters. The average molecular weight is 268 g/mol. The minimum atomic E-state index is -2.78. The zero-order chi connectivity index (χ0) is 10.7. The van der Waals surface area contributed by atoms with Crippen LogP contribution in [0.5, 0.6) is 0 Å². The molecule has 0 aliphatic heterocycles. The summed E-state index contributed by atoms with van der Waals surface area (Å²) in [4.78, 5) is 13.2. The fourth-order valence-corrected chi connectivity index (χ4v) is 1.48. The number of hydrogen-bond acceptors (Lipinski definition) is 2. The van der Waals surface area contributed by atoms with Crippen molar-refractivity contribution in [2.24, 2.45) is 0 Å². The molecule has 1 aromatic heterocycles. The monoisotopic (exact) mass is 267 g/mol. The lowest BCUT2D eigenvalue weighted by Gasteiger charge is -2.07. The Labute approximate surface area is 86.9 Å². The van der Waals surface area contributed by atoms with Crippen LogP contribution in [0, 0.1) is 0 Å². The lowest BCUT2D eigenvalue weighted by Crippen LogP contribution is -2.16. The van der Waals surface area contributed by atoms with Crippen molar-refractivity contribution >= 4 is 15.9 Å². The summed E-state index contributed by atoms with van der Waals surface area (Å²) in [5.41, 5.74) is -0.705. The van der Waals surface area contributed by atoms with Gasteiger partial charge in [0.15, 0.2) is 0 Å². The maximum Gasteiger partial charge on any atom is 0.278 e. The van der Waals surface area contributed by atoms with Gasteiger partial charge in [-0.1, -0.05) is 15.9 Å². The van der Waals surface area contributed by atoms with Gasteiger partial charge in [-0.25, -0.2) is 8.78 Å². The number of aliphatic hydroxyl groups excluding tert-OH is 1. The average Bonchev–Trinajstić information content (AvgIpc) is 2.17. The van der Waals surface area contributed by atoms with E-state index in [0.29, 0.717) is 5.56 Å². The Hall–Kier alpha value is -0.750. The minimum Gasteiger partial charge on any atom is -0.392 e. The smallest absolute Gasteiger partial charge is 0.278 e. The molecule has 0 aromatic carbocycles. The summed E-state index contributed by atoms with van der Waals surface area (Å²) in [6.45, 7) is -0.517. The highest BCUT2D eigenvalue weighted by Gasteiger charge is 2.15. The van der Waals surface area contributed by atoms with E-state index in [1.807, 2.05) is 0 Å². The second-order valence-electron chi connectivity index (χ2n) is 2.66. The van der Waals surface area contributed by atoms with E-state index in [2.05, 4.69) is 20.9 Å². The third-order valence-electron chi connectivity index (χ3n) is 1.77. The molecule has 0 aliphatic carbocycles. The molecule has 3 nitrogen and oxygen atoms in total. The Morgan fingerprint density at radius 3 is 2.57 bits per heavy atom. The van der Waals surface area contributed by atoms with Crippen molar-refractivity contribution in [1.82, 2.24) is 4.98 Å². The first-order chi connectivity index (χ1) is 6.60. The van der Waals surface area contributed by atoms with Crippen LogP contribution in [-0.2, 0) is 11.9 Å². The van der Waals surface area contributed by atoms with Crippen molar-refractivity contribution in [3.05, 3.63) is 33.2 Å². The van der Waals surface area contributed by atoms with Gasteiger partial charge in [0, 0.05) is 16.5 Å². The van der Waals surface area contributed by atoms with E-state index in [-0.39, 0.29) is 10.9 Å². The number of H-pyrrole nitrogens is 1. The molecule has 0 radical (unpaired) electrons. The fourth-order valence-electron chi connectivity index (χ4n) is 1.06. The summed E-state index contributed by atoms with van der Waals surface area (Å²) < 4.78 is 24.7. The van der Waals surface area contributed by atoms with Crippen LogP contribution in [0.1, 0.15) is 23.2 Å². The first-order valence-electron chi connectivity index (χ1n) is 3.80. The van der Waals surface area contributed by atoms with Crippen molar-refractivity contribution in [2.75, 3.05) is 0 Å². The summed E-state index contributed by atoms with van der Waals surface area (Å²) in [5, 5.41) is 9.07. The Morgan fingerprint density at radius 1 is 1.50 bits per heavy atom. The highest BCUT2D eigenvalue weighted by molar-refractivity contribution is 9.08. The highest BCUT2D eigenvalue weighted by atomic mass is 79.9. The van der Waals surface area contributed by atoms with E-state index >= 15 is 0 Å². The predicted octanol–water partition coefficient (Wildman–Crippen LogP) is 1.70. The third kappa shape index (κ3) is 2.19. The molecule has 0 saturated carbocycles. The van der Waals surface area contributed by atoms with Crippen LogP contribution in [0.25, 0.3) is 0 Å². The highest BCUT2D eigenvalue weighted by Crippen LogP contribution is 2.20. The number of aliphatic hydroxyl groups is 1. The SMILES string of the molecule is O=c1[nH]c(C(F)F)c(CO)cc1CBr. The lowest BCUT2D eigenvalue weighted by atomic mass is 10.1. The summed E-state index contributed by atoms with van der Waals surface area (Å²) in [6.07, 6.45) is -2.78. The van der Waals surface area contributed by atoms with Crippen LogP contribution >= 0.6 is 15.9 Å². The molecule has 0 bridgehead atoms. The van der Waals surface area contributed by atoms with E-state index in [1.54, 1.807) is 0 Å². The molecule has 0 aliphatic rings. The number of aromatic amines is 1. The largest absolute Gasteiger partial charge is 0.392 e. The summed E-state index contributed by atoms with van der Waals surface area (Å²) >= 11 is 3.04. The molecule has 1 rings (SSSR count). The Morgan fingerprint density at radius 2 is 2.14 bits per heavy atom. The van der Waals surface area contributed by atoms with Gasteiger partial charge >= 0.3 is 0 Å². The molecule has 78 valence electrons. The summed E-state index contributed by atoms with van der Waals surface area (Å²) in [7, 11) is 0. The fraction of sp³-hybridized carbons (Fsp3) is 0.375. The van der Waals surface area contributed by atoms with Crippen molar-refractivity contribution < 1.29 is 13.9 Å². The first kappa shape index (κ1) is 11.3. The second-order valence-corrected chi connectivity index (χ2v) is 3.22. The zero-order valence-corrected chi connectivity index (χ0v) is 8.64. The zero-order valence-electron chi connectivity index (χ0n) is 7.06. The maximum absolute atomic E-state index is 12.3. The van der Waals surface area contributed by atoms with Crippen molar-refractivity contribution in [3.63, 3.8) is 0 Å². The standard InChI is InChI=1S/C8H8BrF2NO2/c9-2-4-1-5(3-13)6(7(10)11)12-8(4)14/h1,7,13H,2-3H2,(H,12,14). The number of pyridine rings is 1. The van der Waals surface area contributed by atoms with Crippen LogP contribution in [0.3, 0.4) is 0 Å². The van der Waals surface area contributed by atoms with Gasteiger partial charge in [0.05, 0.1) is 12.3 Å². The molecule has 0 saturated heterocycles. The number of alkyl halides is 3. The van der Waals surface area contributed by atoms with Gasteiger partial charge in [0.2, 0.25) is 0 Å². The van der Waals surface area contributed by atoms with Crippen LogP contribution in [-0.4, -0.2) is 10.1 Å². The van der Waals surface area contributed by atoms with E-state index in [1.165, 1.54) is 6.07 Å². The molecular weight excluding hydrogens is 260 g/mol. The number of rotatable bonds is 3. The molecule has 0 spiro atoms. The number of hydrogen-bond donors (Lipinski definition) is 2. The van der Waals surface area contributed by atoms with Crippen molar-refractivity contribution in [2.45, 2.75) is 18.4 Å². The van der Waals surface area contributed by atoms with Gasteiger partial charge in [-0.2, -0.15) is 0 Å². The van der Waals surface area contributed by atoms with Crippen LogP contribution in [0.4, 0.5) is 8.78 Å². The molecule has 1 heterocycles. The van der Waals surface area contributed by atoms with E-state index in [0.717, 1.165) is 0 Å². The molecular formula is C8H8BrF2NO2. The van der Waals surface area contributed by atoms with Crippen LogP contribution < -0.4 is 5.56 Å². The summed E-state index contributed by atoms with van der Waals surface area (Å²) in [6, 6.07) is 1.27. The van der Waals surface area contributed by atoms with Crippen LogP contribution in [0.2, 0.25) is 0 Å². The van der Waals surface area contributed by atoms with Gasteiger partial charge in [0.1, 0.15) is 0 Å². The van der Waals surface area contributed by atoms with Gasteiger partial charge < -0.3 is 10.1 Å². The van der Waals surface area contributed by atoms with Gasteiger partial charge in [-0.05, 0) is 6.07 Å². The Balaban J connectivity index is 3.32. The quantitative estimate of drug-likeness (QED) is 0.820. The van der Waals surface area contributed by atoms with Gasteiger partial charge in [-0.3, -0.25) is 4.79 Å². The van der Waals surface area contributed by atoms with Crippen molar-refractivity contribution in [1.29, 1.82) is 0 Å². The topological polar surface area (TPSA) is 53.1 Å². The normalized spacial score (nSPS) is 10.9. The van der Waals surface area contributed by atoms with Crippen molar-refractivity contribution in [3.8, 4) is 0 Å². The lowest BCUT2D eigenvalue weighted by molar-refractivity contribution is 0.141. The molecule has 14 heavy (non-hydrogen) atoms. The Bertz CT molecular complexity index is 378. The summed E-state index contributed by atoms with van der Waals surface area (Å²) in [5.74, 6) is 0. The van der Waals surface area contributed by atoms with E-state index in [4.69, 9.17) is 5.11 Å². The van der Waals surface area contributed by atoms with E-state index in [9.17, 15) is 13.6 Å². The third-order valence-corrected chi connectivity index (χ3v) is 2.37. The molecule has 1 aromatic rings. The molecule has 6 heteroatoms. The molecule has 0 unspecified atom stereocenters. The van der Waals surface area contributed by atoms with Gasteiger partial charge in [0.25, 0.3) is 12.0 Å².